The monoisotopic (exact) mass is 215 g/mol. The van der Waals surface area contributed by atoms with Crippen molar-refractivity contribution in [3.63, 3.8) is 0 Å². The van der Waals surface area contributed by atoms with E-state index in [4.69, 9.17) is 11.6 Å². The number of fused-ring (bicyclic) bond motifs is 1. The van der Waals surface area contributed by atoms with Crippen LogP contribution < -0.4 is 0 Å². The largest absolute Gasteiger partial charge is 0.240 e. The first-order chi connectivity index (χ1) is 6.22. The lowest BCUT2D eigenvalue weighted by molar-refractivity contribution is 0.632. The Hall–Kier alpha value is -0.670. The molecule has 0 aliphatic heterocycles. The van der Waals surface area contributed by atoms with Crippen LogP contribution in [0.2, 0.25) is 0 Å². The summed E-state index contributed by atoms with van der Waals surface area (Å²) in [5.74, 6) is 0.170. The van der Waals surface area contributed by atoms with Gasteiger partial charge in [0.05, 0.1) is 16.1 Å². The third-order valence-electron chi connectivity index (χ3n) is 1.85. The third-order valence-corrected chi connectivity index (χ3v) is 3.32. The molecule has 1 heterocycles. The summed E-state index contributed by atoms with van der Waals surface area (Å²) < 4.78 is 14.1. The Morgan fingerprint density at radius 1 is 1.54 bits per heavy atom. The first-order valence-electron chi connectivity index (χ1n) is 3.83. The van der Waals surface area contributed by atoms with Crippen molar-refractivity contribution >= 4 is 33.2 Å². The molecule has 0 amide bonds. The summed E-state index contributed by atoms with van der Waals surface area (Å²) in [5.41, 5.74) is 1.35. The molecular formula is C9H7ClFNS. The number of rotatable bonds is 1. The number of hydrogen-bond acceptors (Lipinski definition) is 2. The van der Waals surface area contributed by atoms with Crippen molar-refractivity contribution in [2.45, 2.75) is 12.8 Å². The van der Waals surface area contributed by atoms with Crippen LogP contribution in [0.4, 0.5) is 4.39 Å². The van der Waals surface area contributed by atoms with Crippen LogP contribution in [0.3, 0.4) is 0 Å². The molecule has 1 nitrogen and oxygen atoms in total. The topological polar surface area (TPSA) is 12.9 Å². The van der Waals surface area contributed by atoms with Crippen LogP contribution in [0, 0.1) is 12.7 Å². The van der Waals surface area contributed by atoms with Crippen LogP contribution in [0.1, 0.15) is 10.6 Å². The fraction of sp³-hybridized carbons (Fsp3) is 0.222. The Balaban J connectivity index is 2.76. The lowest BCUT2D eigenvalue weighted by Crippen LogP contribution is -1.80. The molecule has 2 aromatic rings. The van der Waals surface area contributed by atoms with E-state index in [-0.39, 0.29) is 5.82 Å². The Kier molecular flexibility index (Phi) is 2.22. The summed E-state index contributed by atoms with van der Waals surface area (Å²) in [6.45, 7) is 1.74. The quantitative estimate of drug-likeness (QED) is 0.664. The molecule has 4 heteroatoms. The first-order valence-corrected chi connectivity index (χ1v) is 5.18. The average Bonchev–Trinajstić information content (AvgIpc) is 2.55. The molecule has 0 saturated heterocycles. The van der Waals surface area contributed by atoms with E-state index in [2.05, 4.69) is 4.98 Å². The van der Waals surface area contributed by atoms with Gasteiger partial charge >= 0.3 is 0 Å². The van der Waals surface area contributed by atoms with Crippen molar-refractivity contribution in [2.24, 2.45) is 0 Å². The van der Waals surface area contributed by atoms with Gasteiger partial charge in [-0.05, 0) is 18.6 Å². The van der Waals surface area contributed by atoms with Gasteiger partial charge in [0.25, 0.3) is 0 Å². The van der Waals surface area contributed by atoms with Crippen molar-refractivity contribution in [3.8, 4) is 0 Å². The molecule has 0 unspecified atom stereocenters. The summed E-state index contributed by atoms with van der Waals surface area (Å²) in [5, 5.41) is 0.765. The highest BCUT2D eigenvalue weighted by atomic mass is 35.5. The van der Waals surface area contributed by atoms with Crippen LogP contribution in [-0.2, 0) is 5.88 Å². The van der Waals surface area contributed by atoms with E-state index in [9.17, 15) is 4.39 Å². The van der Waals surface area contributed by atoms with Crippen LogP contribution in [-0.4, -0.2) is 4.98 Å². The Bertz CT molecular complexity index is 452. The summed E-state index contributed by atoms with van der Waals surface area (Å²) in [7, 11) is 0. The van der Waals surface area contributed by atoms with Crippen molar-refractivity contribution in [3.05, 3.63) is 28.5 Å². The molecule has 68 valence electrons. The minimum atomic E-state index is -0.175. The number of aryl methyl sites for hydroxylation is 1. The van der Waals surface area contributed by atoms with Gasteiger partial charge in [-0.15, -0.1) is 22.9 Å². The predicted octanol–water partition coefficient (Wildman–Crippen LogP) is 3.48. The highest BCUT2D eigenvalue weighted by Crippen LogP contribution is 2.27. The van der Waals surface area contributed by atoms with Crippen molar-refractivity contribution in [1.29, 1.82) is 0 Å². The second-order valence-corrected chi connectivity index (χ2v) is 4.14. The van der Waals surface area contributed by atoms with Gasteiger partial charge in [-0.1, -0.05) is 6.07 Å². The van der Waals surface area contributed by atoms with Crippen molar-refractivity contribution in [2.75, 3.05) is 0 Å². The molecule has 0 aliphatic carbocycles. The van der Waals surface area contributed by atoms with Gasteiger partial charge in [-0.25, -0.2) is 9.37 Å². The molecule has 1 aromatic carbocycles. The highest BCUT2D eigenvalue weighted by molar-refractivity contribution is 7.18. The van der Waals surface area contributed by atoms with Gasteiger partial charge in [0.15, 0.2) is 0 Å². The number of nitrogens with zero attached hydrogens (tertiary/aromatic N) is 1. The summed E-state index contributed by atoms with van der Waals surface area (Å²) in [4.78, 5) is 4.18. The number of aromatic nitrogens is 1. The standard InChI is InChI=1S/C9H7ClFNS/c1-5-2-3-6-9(8(5)11)13-7(4-10)12-6/h2-3H,4H2,1H3. The van der Waals surface area contributed by atoms with Crippen LogP contribution in [0.15, 0.2) is 12.1 Å². The maximum absolute atomic E-state index is 13.5. The van der Waals surface area contributed by atoms with E-state index in [1.54, 1.807) is 13.0 Å². The Morgan fingerprint density at radius 2 is 2.31 bits per heavy atom. The number of benzene rings is 1. The van der Waals surface area contributed by atoms with Crippen LogP contribution in [0.5, 0.6) is 0 Å². The Morgan fingerprint density at radius 3 is 3.00 bits per heavy atom. The number of hydrogen-bond donors (Lipinski definition) is 0. The molecule has 0 spiro atoms. The predicted molar refractivity (Wildman–Crippen MR) is 53.9 cm³/mol. The maximum Gasteiger partial charge on any atom is 0.145 e. The van der Waals surface area contributed by atoms with Gasteiger partial charge in [-0.2, -0.15) is 0 Å². The van der Waals surface area contributed by atoms with Crippen molar-refractivity contribution < 1.29 is 4.39 Å². The molecule has 0 bridgehead atoms. The molecule has 0 radical (unpaired) electrons. The van der Waals surface area contributed by atoms with E-state index in [1.807, 2.05) is 6.07 Å². The van der Waals surface area contributed by atoms with Crippen molar-refractivity contribution in [1.82, 2.24) is 4.98 Å². The van der Waals surface area contributed by atoms with Gasteiger partial charge in [0.1, 0.15) is 10.8 Å². The SMILES string of the molecule is Cc1ccc2nc(CCl)sc2c1F. The van der Waals surface area contributed by atoms with Crippen LogP contribution >= 0.6 is 22.9 Å². The number of thiazole rings is 1. The summed E-state index contributed by atoms with van der Waals surface area (Å²) in [6.07, 6.45) is 0. The highest BCUT2D eigenvalue weighted by Gasteiger charge is 2.09. The van der Waals surface area contributed by atoms with E-state index in [1.165, 1.54) is 11.3 Å². The van der Waals surface area contributed by atoms with Crippen LogP contribution in [0.25, 0.3) is 10.2 Å². The molecule has 0 atom stereocenters. The fourth-order valence-electron chi connectivity index (χ4n) is 1.16. The van der Waals surface area contributed by atoms with Gasteiger partial charge < -0.3 is 0 Å². The zero-order chi connectivity index (χ0) is 9.42. The minimum Gasteiger partial charge on any atom is -0.240 e. The number of alkyl halides is 1. The van der Waals surface area contributed by atoms with Gasteiger partial charge in [0, 0.05) is 0 Å². The van der Waals surface area contributed by atoms with Gasteiger partial charge in [0.2, 0.25) is 0 Å². The zero-order valence-corrected chi connectivity index (χ0v) is 8.55. The van der Waals surface area contributed by atoms with E-state index < -0.39 is 0 Å². The lowest BCUT2D eigenvalue weighted by Gasteiger charge is -1.94. The first kappa shape index (κ1) is 8.91. The van der Waals surface area contributed by atoms with Gasteiger partial charge in [-0.3, -0.25) is 0 Å². The molecule has 0 saturated carbocycles. The molecule has 1 aromatic heterocycles. The molecule has 13 heavy (non-hydrogen) atoms. The lowest BCUT2D eigenvalue weighted by atomic mass is 10.2. The maximum atomic E-state index is 13.5. The van der Waals surface area contributed by atoms with E-state index in [0.29, 0.717) is 21.7 Å². The van der Waals surface area contributed by atoms with E-state index >= 15 is 0 Å². The molecular weight excluding hydrogens is 209 g/mol. The van der Waals surface area contributed by atoms with E-state index in [0.717, 1.165) is 5.01 Å². The number of halogens is 2. The Labute approximate surface area is 84.2 Å². The molecule has 0 N–H and O–H groups in total. The average molecular weight is 216 g/mol. The second-order valence-electron chi connectivity index (χ2n) is 2.79. The molecule has 0 aliphatic rings. The minimum absolute atomic E-state index is 0.175. The smallest absolute Gasteiger partial charge is 0.145 e. The summed E-state index contributed by atoms with van der Waals surface area (Å²) >= 11 is 6.94. The second kappa shape index (κ2) is 3.24. The molecule has 0 fully saturated rings. The summed E-state index contributed by atoms with van der Waals surface area (Å²) in [6, 6.07) is 3.55. The normalized spacial score (nSPS) is 11.0. The third kappa shape index (κ3) is 1.42. The zero-order valence-electron chi connectivity index (χ0n) is 6.97. The fourth-order valence-corrected chi connectivity index (χ4v) is 2.29. The molecule has 2 rings (SSSR count).